The van der Waals surface area contributed by atoms with Gasteiger partial charge in [-0.3, -0.25) is 4.90 Å². The van der Waals surface area contributed by atoms with E-state index in [9.17, 15) is 0 Å². The first-order valence-electron chi connectivity index (χ1n) is 8.71. The van der Waals surface area contributed by atoms with E-state index in [1.54, 1.807) is 0 Å². The number of imidazole rings is 1. The van der Waals surface area contributed by atoms with Crippen LogP contribution in [0.15, 0.2) is 48.5 Å². The topological polar surface area (TPSA) is 30.3 Å². The third kappa shape index (κ3) is 3.71. The van der Waals surface area contributed by atoms with E-state index in [2.05, 4.69) is 46.7 Å². The summed E-state index contributed by atoms with van der Waals surface area (Å²) in [5.41, 5.74) is 3.36. The average molecular weight is 356 g/mol. The van der Waals surface area contributed by atoms with Crippen molar-refractivity contribution in [1.82, 2.24) is 14.5 Å². The van der Waals surface area contributed by atoms with Gasteiger partial charge in [-0.05, 0) is 30.7 Å². The van der Waals surface area contributed by atoms with Crippen LogP contribution < -0.4 is 0 Å². The molecule has 1 atom stereocenters. The number of fused-ring (bicyclic) bond motifs is 1. The van der Waals surface area contributed by atoms with Crippen molar-refractivity contribution in [3.63, 3.8) is 0 Å². The Morgan fingerprint density at radius 2 is 2.00 bits per heavy atom. The SMILES string of the molecule is C[C@H]1CN(Cc2nc3cc(Cl)ccc3n2Cc2ccccc2)CCO1. The molecule has 0 saturated carbocycles. The molecule has 1 aliphatic rings. The summed E-state index contributed by atoms with van der Waals surface area (Å²) < 4.78 is 7.97. The van der Waals surface area contributed by atoms with Crippen LogP contribution in [0.2, 0.25) is 5.02 Å². The fourth-order valence-corrected chi connectivity index (χ4v) is 3.62. The molecule has 1 aromatic heterocycles. The number of benzene rings is 2. The Morgan fingerprint density at radius 1 is 1.16 bits per heavy atom. The van der Waals surface area contributed by atoms with Crippen molar-refractivity contribution >= 4 is 22.6 Å². The molecule has 0 unspecified atom stereocenters. The summed E-state index contributed by atoms with van der Waals surface area (Å²) in [6, 6.07) is 16.5. The number of halogens is 1. The summed E-state index contributed by atoms with van der Waals surface area (Å²) in [7, 11) is 0. The summed E-state index contributed by atoms with van der Waals surface area (Å²) in [6.45, 7) is 6.43. The Balaban J connectivity index is 1.70. The van der Waals surface area contributed by atoms with E-state index < -0.39 is 0 Å². The van der Waals surface area contributed by atoms with Gasteiger partial charge in [-0.1, -0.05) is 41.9 Å². The van der Waals surface area contributed by atoms with Gasteiger partial charge in [-0.2, -0.15) is 0 Å². The predicted molar refractivity (Wildman–Crippen MR) is 101 cm³/mol. The first-order chi connectivity index (χ1) is 12.2. The molecule has 3 aromatic rings. The van der Waals surface area contributed by atoms with Gasteiger partial charge in [0.05, 0.1) is 30.3 Å². The van der Waals surface area contributed by atoms with Crippen molar-refractivity contribution in [3.05, 3.63) is 64.9 Å². The van der Waals surface area contributed by atoms with Crippen molar-refractivity contribution in [3.8, 4) is 0 Å². The van der Waals surface area contributed by atoms with E-state index in [0.29, 0.717) is 0 Å². The first kappa shape index (κ1) is 16.6. The highest BCUT2D eigenvalue weighted by Crippen LogP contribution is 2.23. The van der Waals surface area contributed by atoms with Crippen LogP contribution in [0.4, 0.5) is 0 Å². The van der Waals surface area contributed by atoms with Gasteiger partial charge in [0.2, 0.25) is 0 Å². The Morgan fingerprint density at radius 3 is 2.80 bits per heavy atom. The normalized spacial score (nSPS) is 18.7. The highest BCUT2D eigenvalue weighted by molar-refractivity contribution is 6.31. The van der Waals surface area contributed by atoms with E-state index in [0.717, 1.165) is 54.7 Å². The van der Waals surface area contributed by atoms with Gasteiger partial charge in [-0.15, -0.1) is 0 Å². The van der Waals surface area contributed by atoms with Crippen molar-refractivity contribution in [2.45, 2.75) is 26.1 Å². The number of nitrogens with zero attached hydrogens (tertiary/aromatic N) is 3. The lowest BCUT2D eigenvalue weighted by Gasteiger charge is -2.30. The number of hydrogen-bond donors (Lipinski definition) is 0. The zero-order valence-corrected chi connectivity index (χ0v) is 15.1. The molecule has 5 heteroatoms. The van der Waals surface area contributed by atoms with E-state index in [1.807, 2.05) is 18.2 Å². The molecule has 25 heavy (non-hydrogen) atoms. The smallest absolute Gasteiger partial charge is 0.124 e. The Labute approximate surface area is 153 Å². The second-order valence-electron chi connectivity index (χ2n) is 6.65. The average Bonchev–Trinajstić information content (AvgIpc) is 2.92. The third-order valence-corrected chi connectivity index (χ3v) is 4.90. The van der Waals surface area contributed by atoms with Crippen LogP contribution in [0.1, 0.15) is 18.3 Å². The summed E-state index contributed by atoms with van der Waals surface area (Å²) >= 11 is 6.18. The Hall–Kier alpha value is -1.88. The lowest BCUT2D eigenvalue weighted by atomic mass is 10.2. The number of hydrogen-bond acceptors (Lipinski definition) is 3. The largest absolute Gasteiger partial charge is 0.376 e. The van der Waals surface area contributed by atoms with Gasteiger partial charge >= 0.3 is 0 Å². The number of ether oxygens (including phenoxy) is 1. The molecule has 0 radical (unpaired) electrons. The highest BCUT2D eigenvalue weighted by Gasteiger charge is 2.20. The summed E-state index contributed by atoms with van der Waals surface area (Å²) in [4.78, 5) is 7.30. The number of morpholine rings is 1. The monoisotopic (exact) mass is 355 g/mol. The van der Waals surface area contributed by atoms with E-state index >= 15 is 0 Å². The van der Waals surface area contributed by atoms with Gasteiger partial charge in [0.15, 0.2) is 0 Å². The standard InChI is InChI=1S/C20H22ClN3O/c1-15-12-23(9-10-25-15)14-20-22-18-11-17(21)7-8-19(18)24(20)13-16-5-3-2-4-6-16/h2-8,11,15H,9-10,12-14H2,1H3/t15-/m0/s1. The molecule has 0 N–H and O–H groups in total. The van der Waals surface area contributed by atoms with Gasteiger partial charge in [0.25, 0.3) is 0 Å². The lowest BCUT2D eigenvalue weighted by molar-refractivity contribution is -0.0222. The number of aromatic nitrogens is 2. The third-order valence-electron chi connectivity index (χ3n) is 4.66. The van der Waals surface area contributed by atoms with Crippen LogP contribution in [0.25, 0.3) is 11.0 Å². The molecular weight excluding hydrogens is 334 g/mol. The van der Waals surface area contributed by atoms with E-state index in [-0.39, 0.29) is 6.10 Å². The first-order valence-corrected chi connectivity index (χ1v) is 9.09. The second-order valence-corrected chi connectivity index (χ2v) is 7.09. The molecule has 4 rings (SSSR count). The van der Waals surface area contributed by atoms with Crippen molar-refractivity contribution in [2.75, 3.05) is 19.7 Å². The van der Waals surface area contributed by atoms with Crippen molar-refractivity contribution < 1.29 is 4.74 Å². The van der Waals surface area contributed by atoms with Gasteiger partial charge in [0, 0.05) is 24.7 Å². The van der Waals surface area contributed by atoms with Crippen LogP contribution in [-0.2, 0) is 17.8 Å². The van der Waals surface area contributed by atoms with Crippen molar-refractivity contribution in [2.24, 2.45) is 0 Å². The summed E-state index contributed by atoms with van der Waals surface area (Å²) in [5.74, 6) is 1.08. The van der Waals surface area contributed by atoms with Crippen LogP contribution in [-0.4, -0.2) is 40.3 Å². The molecule has 0 bridgehead atoms. The van der Waals surface area contributed by atoms with Crippen LogP contribution in [0.3, 0.4) is 0 Å². The minimum Gasteiger partial charge on any atom is -0.376 e. The highest BCUT2D eigenvalue weighted by atomic mass is 35.5. The molecule has 0 spiro atoms. The fraction of sp³-hybridized carbons (Fsp3) is 0.350. The molecular formula is C20H22ClN3O. The lowest BCUT2D eigenvalue weighted by Crippen LogP contribution is -2.41. The van der Waals surface area contributed by atoms with Crippen molar-refractivity contribution in [1.29, 1.82) is 0 Å². The molecule has 2 aromatic carbocycles. The maximum Gasteiger partial charge on any atom is 0.124 e. The minimum atomic E-state index is 0.273. The molecule has 2 heterocycles. The Kier molecular flexibility index (Phi) is 4.75. The Bertz CT molecular complexity index is 862. The van der Waals surface area contributed by atoms with Crippen LogP contribution >= 0.6 is 11.6 Å². The van der Waals surface area contributed by atoms with E-state index in [1.165, 1.54) is 5.56 Å². The predicted octanol–water partition coefficient (Wildman–Crippen LogP) is 3.96. The fourth-order valence-electron chi connectivity index (χ4n) is 3.45. The minimum absolute atomic E-state index is 0.273. The van der Waals surface area contributed by atoms with E-state index in [4.69, 9.17) is 21.3 Å². The summed E-state index contributed by atoms with van der Waals surface area (Å²) in [6.07, 6.45) is 0.273. The molecule has 1 fully saturated rings. The zero-order chi connectivity index (χ0) is 17.2. The summed E-state index contributed by atoms with van der Waals surface area (Å²) in [5, 5.41) is 0.725. The molecule has 130 valence electrons. The molecule has 0 amide bonds. The molecule has 4 nitrogen and oxygen atoms in total. The molecule has 1 aliphatic heterocycles. The molecule has 0 aliphatic carbocycles. The maximum absolute atomic E-state index is 6.18. The van der Waals surface area contributed by atoms with Gasteiger partial charge in [-0.25, -0.2) is 4.98 Å². The van der Waals surface area contributed by atoms with Crippen LogP contribution in [0, 0.1) is 0 Å². The number of rotatable bonds is 4. The maximum atomic E-state index is 6.18. The second kappa shape index (κ2) is 7.16. The van der Waals surface area contributed by atoms with Crippen LogP contribution in [0.5, 0.6) is 0 Å². The van der Waals surface area contributed by atoms with Gasteiger partial charge in [0.1, 0.15) is 5.82 Å². The zero-order valence-electron chi connectivity index (χ0n) is 14.4. The van der Waals surface area contributed by atoms with Gasteiger partial charge < -0.3 is 9.30 Å². The molecule has 1 saturated heterocycles. The quantitative estimate of drug-likeness (QED) is 0.709.